The van der Waals surface area contributed by atoms with Crippen molar-refractivity contribution in [3.8, 4) is 5.75 Å². The first-order chi connectivity index (χ1) is 16.8. The third-order valence-electron chi connectivity index (χ3n) is 6.67. The SMILES string of the molecule is CNc1cc2ncnc(Nc3cccc(Cl)c3F)c2cc1OCCCN1CC2(CCS(=O)(=O)C2)C1. The van der Waals surface area contributed by atoms with Crippen molar-refractivity contribution in [3.63, 3.8) is 0 Å². The Labute approximate surface area is 208 Å². The summed E-state index contributed by atoms with van der Waals surface area (Å²) in [5, 5.41) is 6.86. The fourth-order valence-corrected chi connectivity index (χ4v) is 7.31. The molecule has 5 rings (SSSR count). The smallest absolute Gasteiger partial charge is 0.165 e. The summed E-state index contributed by atoms with van der Waals surface area (Å²) in [6, 6.07) is 8.45. The van der Waals surface area contributed by atoms with Crippen molar-refractivity contribution >= 4 is 49.5 Å². The quantitative estimate of drug-likeness (QED) is 0.429. The van der Waals surface area contributed by atoms with E-state index >= 15 is 0 Å². The fraction of sp³-hybridized carbons (Fsp3) is 0.417. The summed E-state index contributed by atoms with van der Waals surface area (Å²) in [5.74, 6) is 1.19. The molecule has 2 fully saturated rings. The zero-order valence-corrected chi connectivity index (χ0v) is 20.9. The van der Waals surface area contributed by atoms with Crippen LogP contribution in [0.3, 0.4) is 0 Å². The molecule has 1 aromatic heterocycles. The highest BCUT2D eigenvalue weighted by molar-refractivity contribution is 7.91. The van der Waals surface area contributed by atoms with Gasteiger partial charge in [0, 0.05) is 37.5 Å². The molecule has 0 unspecified atom stereocenters. The number of likely N-dealkylation sites (tertiary alicyclic amines) is 1. The Hall–Kier alpha value is -2.69. The molecule has 0 saturated carbocycles. The third-order valence-corrected chi connectivity index (χ3v) is 8.84. The molecule has 2 aliphatic heterocycles. The van der Waals surface area contributed by atoms with Gasteiger partial charge >= 0.3 is 0 Å². The van der Waals surface area contributed by atoms with Crippen molar-refractivity contribution in [1.82, 2.24) is 14.9 Å². The lowest BCUT2D eigenvalue weighted by Gasteiger charge is -2.47. The van der Waals surface area contributed by atoms with Crippen LogP contribution in [0.25, 0.3) is 10.9 Å². The van der Waals surface area contributed by atoms with Gasteiger partial charge in [0.2, 0.25) is 0 Å². The highest BCUT2D eigenvalue weighted by Gasteiger charge is 2.49. The molecular weight excluding hydrogens is 493 g/mol. The Morgan fingerprint density at radius 2 is 2.06 bits per heavy atom. The molecule has 2 aromatic carbocycles. The number of anilines is 3. The minimum atomic E-state index is -2.85. The van der Waals surface area contributed by atoms with Gasteiger partial charge in [0.1, 0.15) is 17.9 Å². The van der Waals surface area contributed by atoms with Gasteiger partial charge in [0.05, 0.1) is 40.0 Å². The maximum atomic E-state index is 14.4. The number of hydrogen-bond donors (Lipinski definition) is 2. The molecule has 3 heterocycles. The van der Waals surface area contributed by atoms with E-state index in [0.29, 0.717) is 40.6 Å². The van der Waals surface area contributed by atoms with E-state index in [4.69, 9.17) is 16.3 Å². The fourth-order valence-electron chi connectivity index (χ4n) is 4.99. The van der Waals surface area contributed by atoms with Gasteiger partial charge in [0.15, 0.2) is 15.7 Å². The van der Waals surface area contributed by atoms with Crippen molar-refractivity contribution in [2.75, 3.05) is 55.4 Å². The third kappa shape index (κ3) is 5.00. The lowest BCUT2D eigenvalue weighted by molar-refractivity contribution is 0.0185. The van der Waals surface area contributed by atoms with Crippen LogP contribution in [0.1, 0.15) is 12.8 Å². The van der Waals surface area contributed by atoms with Crippen LogP contribution in [0.4, 0.5) is 21.6 Å². The van der Waals surface area contributed by atoms with E-state index < -0.39 is 15.7 Å². The van der Waals surface area contributed by atoms with E-state index in [1.54, 1.807) is 12.1 Å². The van der Waals surface area contributed by atoms with Gasteiger partial charge in [-0.05, 0) is 37.1 Å². The highest BCUT2D eigenvalue weighted by Crippen LogP contribution is 2.41. The number of benzene rings is 2. The van der Waals surface area contributed by atoms with Crippen molar-refractivity contribution in [3.05, 3.63) is 47.5 Å². The maximum Gasteiger partial charge on any atom is 0.165 e. The van der Waals surface area contributed by atoms with Gasteiger partial charge in [-0.15, -0.1) is 0 Å². The molecule has 0 atom stereocenters. The molecule has 35 heavy (non-hydrogen) atoms. The van der Waals surface area contributed by atoms with Crippen LogP contribution in [-0.4, -0.2) is 68.1 Å². The summed E-state index contributed by atoms with van der Waals surface area (Å²) < 4.78 is 44.1. The summed E-state index contributed by atoms with van der Waals surface area (Å²) >= 11 is 5.91. The molecule has 0 aliphatic carbocycles. The Morgan fingerprint density at radius 3 is 2.80 bits per heavy atom. The minimum Gasteiger partial charge on any atom is -0.491 e. The number of ether oxygens (including phenoxy) is 1. The van der Waals surface area contributed by atoms with E-state index in [-0.39, 0.29) is 16.1 Å². The van der Waals surface area contributed by atoms with E-state index in [9.17, 15) is 12.8 Å². The highest BCUT2D eigenvalue weighted by atomic mass is 35.5. The van der Waals surface area contributed by atoms with E-state index in [1.165, 1.54) is 12.4 Å². The monoisotopic (exact) mass is 519 g/mol. The largest absolute Gasteiger partial charge is 0.491 e. The number of nitrogens with one attached hydrogen (secondary N) is 2. The molecule has 2 N–H and O–H groups in total. The topological polar surface area (TPSA) is 96.5 Å². The molecule has 2 saturated heterocycles. The average molecular weight is 520 g/mol. The predicted molar refractivity (Wildman–Crippen MR) is 136 cm³/mol. The predicted octanol–water partition coefficient (Wildman–Crippen LogP) is 4.10. The number of nitrogens with zero attached hydrogens (tertiary/aromatic N) is 3. The molecule has 1 spiro atoms. The van der Waals surface area contributed by atoms with Crippen LogP contribution < -0.4 is 15.4 Å². The normalized spacial score (nSPS) is 18.5. The first-order valence-corrected chi connectivity index (χ1v) is 13.7. The molecular formula is C24H27ClFN5O3S. The van der Waals surface area contributed by atoms with E-state index in [0.717, 1.165) is 38.2 Å². The Balaban J connectivity index is 1.25. The van der Waals surface area contributed by atoms with Crippen LogP contribution in [0.2, 0.25) is 5.02 Å². The van der Waals surface area contributed by atoms with E-state index in [1.807, 2.05) is 19.2 Å². The lowest BCUT2D eigenvalue weighted by atomic mass is 9.79. The van der Waals surface area contributed by atoms with Crippen LogP contribution in [-0.2, 0) is 9.84 Å². The second-order valence-corrected chi connectivity index (χ2v) is 11.9. The van der Waals surface area contributed by atoms with Gasteiger partial charge in [0.25, 0.3) is 0 Å². The first-order valence-electron chi connectivity index (χ1n) is 11.5. The van der Waals surface area contributed by atoms with Gasteiger partial charge < -0.3 is 20.3 Å². The first kappa shape index (κ1) is 24.0. The Kier molecular flexibility index (Phi) is 6.45. The van der Waals surface area contributed by atoms with Crippen LogP contribution in [0, 0.1) is 11.2 Å². The zero-order valence-electron chi connectivity index (χ0n) is 19.4. The number of fused-ring (bicyclic) bond motifs is 1. The summed E-state index contributed by atoms with van der Waals surface area (Å²) in [6.45, 7) is 3.04. The number of sulfone groups is 1. The summed E-state index contributed by atoms with van der Waals surface area (Å²) in [4.78, 5) is 10.9. The summed E-state index contributed by atoms with van der Waals surface area (Å²) in [7, 11) is -1.04. The summed E-state index contributed by atoms with van der Waals surface area (Å²) in [6.07, 6.45) is 3.01. The van der Waals surface area contributed by atoms with Gasteiger partial charge in [-0.3, -0.25) is 0 Å². The van der Waals surface area contributed by atoms with Crippen molar-refractivity contribution < 1.29 is 17.5 Å². The Morgan fingerprint density at radius 1 is 1.23 bits per heavy atom. The second kappa shape index (κ2) is 9.40. The molecule has 0 radical (unpaired) electrons. The molecule has 3 aromatic rings. The average Bonchev–Trinajstić information content (AvgIpc) is 3.14. The molecule has 11 heteroatoms. The van der Waals surface area contributed by atoms with Crippen LogP contribution in [0.5, 0.6) is 5.75 Å². The van der Waals surface area contributed by atoms with Crippen LogP contribution in [0.15, 0.2) is 36.7 Å². The lowest BCUT2D eigenvalue weighted by Crippen LogP contribution is -2.57. The summed E-state index contributed by atoms with van der Waals surface area (Å²) in [5.41, 5.74) is 1.66. The van der Waals surface area contributed by atoms with Gasteiger partial charge in [-0.25, -0.2) is 22.8 Å². The van der Waals surface area contributed by atoms with Gasteiger partial charge in [-0.1, -0.05) is 17.7 Å². The number of aromatic nitrogens is 2. The van der Waals surface area contributed by atoms with Crippen molar-refractivity contribution in [2.45, 2.75) is 12.8 Å². The van der Waals surface area contributed by atoms with Crippen LogP contribution >= 0.6 is 11.6 Å². The maximum absolute atomic E-state index is 14.4. The van der Waals surface area contributed by atoms with Gasteiger partial charge in [-0.2, -0.15) is 0 Å². The standard InChI is InChI=1S/C24H27ClFN5O3S/c1-27-20-11-19-16(23(29-15-28-19)30-18-5-2-4-17(25)22(18)26)10-21(20)34-8-3-7-31-12-24(13-31)6-9-35(32,33)14-24/h2,4-5,10-11,15,27H,3,6-9,12-14H2,1H3,(H,28,29,30). The number of halogens is 2. The molecule has 186 valence electrons. The molecule has 2 aliphatic rings. The number of hydrogen-bond acceptors (Lipinski definition) is 8. The zero-order chi connectivity index (χ0) is 24.6. The van der Waals surface area contributed by atoms with Crippen molar-refractivity contribution in [2.24, 2.45) is 5.41 Å². The van der Waals surface area contributed by atoms with Crippen molar-refractivity contribution in [1.29, 1.82) is 0 Å². The second-order valence-electron chi connectivity index (χ2n) is 9.32. The Bertz CT molecular complexity index is 1360. The molecule has 0 amide bonds. The number of rotatable bonds is 8. The minimum absolute atomic E-state index is 0.0246. The van der Waals surface area contributed by atoms with E-state index in [2.05, 4.69) is 25.5 Å². The molecule has 8 nitrogen and oxygen atoms in total. The molecule has 0 bridgehead atoms.